The highest BCUT2D eigenvalue weighted by Gasteiger charge is 2.08. The van der Waals surface area contributed by atoms with Crippen molar-refractivity contribution < 1.29 is 0 Å². The molecule has 1 rings (SSSR count). The predicted octanol–water partition coefficient (Wildman–Crippen LogP) is 1.54. The lowest BCUT2D eigenvalue weighted by atomic mass is 10.1. The van der Waals surface area contributed by atoms with Crippen molar-refractivity contribution in [1.29, 1.82) is 0 Å². The molecular formula is C11H18BrN3. The minimum atomic E-state index is 0.469. The second kappa shape index (κ2) is 6.20. The van der Waals surface area contributed by atoms with Gasteiger partial charge >= 0.3 is 0 Å². The Kier molecular flexibility index (Phi) is 5.22. The van der Waals surface area contributed by atoms with Crippen LogP contribution in [0.2, 0.25) is 0 Å². The highest BCUT2D eigenvalue weighted by atomic mass is 79.9. The molecule has 84 valence electrons. The van der Waals surface area contributed by atoms with E-state index in [0.29, 0.717) is 6.04 Å². The SMILES string of the molecule is CNC(Cc1cncc(Br)c1)CN(C)C. The summed E-state index contributed by atoms with van der Waals surface area (Å²) in [5, 5.41) is 3.32. The Balaban J connectivity index is 2.58. The van der Waals surface area contributed by atoms with Gasteiger partial charge in [-0.1, -0.05) is 0 Å². The highest BCUT2D eigenvalue weighted by molar-refractivity contribution is 9.10. The summed E-state index contributed by atoms with van der Waals surface area (Å²) in [5.74, 6) is 0. The number of nitrogens with zero attached hydrogens (tertiary/aromatic N) is 2. The predicted molar refractivity (Wildman–Crippen MR) is 67.0 cm³/mol. The van der Waals surface area contributed by atoms with Crippen molar-refractivity contribution in [2.24, 2.45) is 0 Å². The molecule has 0 saturated heterocycles. The van der Waals surface area contributed by atoms with Crippen LogP contribution in [0.4, 0.5) is 0 Å². The van der Waals surface area contributed by atoms with Gasteiger partial charge in [-0.3, -0.25) is 4.98 Å². The van der Waals surface area contributed by atoms with E-state index in [2.05, 4.69) is 51.3 Å². The van der Waals surface area contributed by atoms with Crippen LogP contribution in [-0.2, 0) is 6.42 Å². The lowest BCUT2D eigenvalue weighted by Crippen LogP contribution is -2.37. The van der Waals surface area contributed by atoms with Gasteiger partial charge < -0.3 is 10.2 Å². The van der Waals surface area contributed by atoms with E-state index in [-0.39, 0.29) is 0 Å². The molecule has 0 aliphatic carbocycles. The fourth-order valence-corrected chi connectivity index (χ4v) is 1.96. The zero-order valence-electron chi connectivity index (χ0n) is 9.50. The molecule has 15 heavy (non-hydrogen) atoms. The molecule has 0 amide bonds. The third kappa shape index (κ3) is 4.73. The minimum Gasteiger partial charge on any atom is -0.315 e. The van der Waals surface area contributed by atoms with Crippen LogP contribution >= 0.6 is 15.9 Å². The van der Waals surface area contributed by atoms with Gasteiger partial charge in [-0.05, 0) is 55.1 Å². The Bertz CT molecular complexity index is 302. The Hall–Kier alpha value is -0.450. The van der Waals surface area contributed by atoms with Gasteiger partial charge in [0, 0.05) is 29.5 Å². The van der Waals surface area contributed by atoms with E-state index in [1.807, 2.05) is 19.4 Å². The maximum atomic E-state index is 4.16. The van der Waals surface area contributed by atoms with Crippen molar-refractivity contribution in [3.8, 4) is 0 Å². The maximum Gasteiger partial charge on any atom is 0.0410 e. The first kappa shape index (κ1) is 12.6. The summed E-state index contributed by atoms with van der Waals surface area (Å²) >= 11 is 3.43. The topological polar surface area (TPSA) is 28.2 Å². The molecule has 1 heterocycles. The molecule has 4 heteroatoms. The average molecular weight is 272 g/mol. The summed E-state index contributed by atoms with van der Waals surface area (Å²) in [7, 11) is 6.17. The number of pyridine rings is 1. The zero-order chi connectivity index (χ0) is 11.3. The molecule has 1 aromatic heterocycles. The van der Waals surface area contributed by atoms with Gasteiger partial charge in [0.1, 0.15) is 0 Å². The van der Waals surface area contributed by atoms with Crippen LogP contribution in [0.5, 0.6) is 0 Å². The smallest absolute Gasteiger partial charge is 0.0410 e. The first-order chi connectivity index (χ1) is 7.11. The van der Waals surface area contributed by atoms with Crippen LogP contribution in [0.3, 0.4) is 0 Å². The molecule has 1 aromatic rings. The average Bonchev–Trinajstić information content (AvgIpc) is 2.16. The molecule has 1 unspecified atom stereocenters. The standard InChI is InChI=1S/C11H18BrN3/c1-13-11(8-15(2)3)5-9-4-10(12)7-14-6-9/h4,6-7,11,13H,5,8H2,1-3H3. The van der Waals surface area contributed by atoms with E-state index in [0.717, 1.165) is 17.4 Å². The Morgan fingerprint density at radius 3 is 2.73 bits per heavy atom. The largest absolute Gasteiger partial charge is 0.315 e. The monoisotopic (exact) mass is 271 g/mol. The van der Waals surface area contributed by atoms with Crippen LogP contribution in [0.15, 0.2) is 22.9 Å². The van der Waals surface area contributed by atoms with Gasteiger partial charge in [0.15, 0.2) is 0 Å². The lowest BCUT2D eigenvalue weighted by Gasteiger charge is -2.20. The van der Waals surface area contributed by atoms with E-state index < -0.39 is 0 Å². The lowest BCUT2D eigenvalue weighted by molar-refractivity contribution is 0.346. The van der Waals surface area contributed by atoms with Crippen LogP contribution in [0, 0.1) is 0 Å². The summed E-state index contributed by atoms with van der Waals surface area (Å²) in [6, 6.07) is 2.59. The molecule has 0 bridgehead atoms. The molecule has 1 N–H and O–H groups in total. The Morgan fingerprint density at radius 2 is 2.20 bits per heavy atom. The third-order valence-electron chi connectivity index (χ3n) is 2.24. The molecule has 0 aromatic carbocycles. The molecule has 1 atom stereocenters. The van der Waals surface area contributed by atoms with Crippen LogP contribution < -0.4 is 5.32 Å². The summed E-state index contributed by atoms with van der Waals surface area (Å²) in [6.45, 7) is 1.03. The second-order valence-corrected chi connectivity index (χ2v) is 4.88. The van der Waals surface area contributed by atoms with Gasteiger partial charge in [0.25, 0.3) is 0 Å². The quantitative estimate of drug-likeness (QED) is 0.881. The molecule has 0 fully saturated rings. The fourth-order valence-electron chi connectivity index (χ4n) is 1.55. The number of hydrogen-bond acceptors (Lipinski definition) is 3. The highest BCUT2D eigenvalue weighted by Crippen LogP contribution is 2.11. The van der Waals surface area contributed by atoms with E-state index in [9.17, 15) is 0 Å². The van der Waals surface area contributed by atoms with Gasteiger partial charge in [-0.2, -0.15) is 0 Å². The van der Waals surface area contributed by atoms with Gasteiger partial charge in [-0.15, -0.1) is 0 Å². The third-order valence-corrected chi connectivity index (χ3v) is 2.67. The molecule has 3 nitrogen and oxygen atoms in total. The molecule has 0 saturated carbocycles. The first-order valence-corrected chi connectivity index (χ1v) is 5.82. The van der Waals surface area contributed by atoms with E-state index >= 15 is 0 Å². The zero-order valence-corrected chi connectivity index (χ0v) is 11.1. The number of halogens is 1. The normalized spacial score (nSPS) is 13.1. The molecule has 0 spiro atoms. The van der Waals surface area contributed by atoms with Crippen LogP contribution in [0.25, 0.3) is 0 Å². The van der Waals surface area contributed by atoms with Crippen LogP contribution in [0.1, 0.15) is 5.56 Å². The first-order valence-electron chi connectivity index (χ1n) is 5.03. The fraction of sp³-hybridized carbons (Fsp3) is 0.545. The molecular weight excluding hydrogens is 254 g/mol. The van der Waals surface area contributed by atoms with Gasteiger partial charge in [-0.25, -0.2) is 0 Å². The summed E-state index contributed by atoms with van der Waals surface area (Å²) < 4.78 is 1.04. The summed E-state index contributed by atoms with van der Waals surface area (Å²) in [5.41, 5.74) is 1.26. The Morgan fingerprint density at radius 1 is 1.47 bits per heavy atom. The van der Waals surface area contributed by atoms with E-state index in [1.165, 1.54) is 5.56 Å². The van der Waals surface area contributed by atoms with Crippen molar-refractivity contribution in [1.82, 2.24) is 15.2 Å². The summed E-state index contributed by atoms with van der Waals surface area (Å²) in [4.78, 5) is 6.35. The number of aromatic nitrogens is 1. The van der Waals surface area contributed by atoms with Crippen molar-refractivity contribution in [3.05, 3.63) is 28.5 Å². The number of hydrogen-bond donors (Lipinski definition) is 1. The molecule has 0 radical (unpaired) electrons. The number of rotatable bonds is 5. The van der Waals surface area contributed by atoms with Crippen LogP contribution in [-0.4, -0.2) is 43.6 Å². The molecule has 0 aliphatic rings. The number of nitrogens with one attached hydrogen (secondary N) is 1. The van der Waals surface area contributed by atoms with Crippen molar-refractivity contribution in [2.45, 2.75) is 12.5 Å². The van der Waals surface area contributed by atoms with E-state index in [4.69, 9.17) is 0 Å². The summed E-state index contributed by atoms with van der Waals surface area (Å²) in [6.07, 6.45) is 4.73. The Labute approximate surface area is 100 Å². The minimum absolute atomic E-state index is 0.469. The number of likely N-dealkylation sites (N-methyl/N-ethyl adjacent to an activating group) is 2. The van der Waals surface area contributed by atoms with Crippen molar-refractivity contribution in [3.63, 3.8) is 0 Å². The van der Waals surface area contributed by atoms with Crippen molar-refractivity contribution in [2.75, 3.05) is 27.7 Å². The second-order valence-electron chi connectivity index (χ2n) is 3.96. The van der Waals surface area contributed by atoms with Gasteiger partial charge in [0.2, 0.25) is 0 Å². The molecule has 0 aliphatic heterocycles. The van der Waals surface area contributed by atoms with Crippen molar-refractivity contribution >= 4 is 15.9 Å². The van der Waals surface area contributed by atoms with E-state index in [1.54, 1.807) is 0 Å². The van der Waals surface area contributed by atoms with Gasteiger partial charge in [0.05, 0.1) is 0 Å². The maximum absolute atomic E-state index is 4.16.